The van der Waals surface area contributed by atoms with Crippen LogP contribution in [0.1, 0.15) is 39.0 Å². The molecule has 14 heavy (non-hydrogen) atoms. The topological polar surface area (TPSA) is 44.8 Å². The van der Waals surface area contributed by atoms with Crippen LogP contribution in [0.5, 0.6) is 0 Å². The van der Waals surface area contributed by atoms with Crippen molar-refractivity contribution < 1.29 is 18.1 Å². The first kappa shape index (κ1) is 12.2. The van der Waals surface area contributed by atoms with E-state index in [1.54, 1.807) is 6.92 Å². The van der Waals surface area contributed by atoms with Gasteiger partial charge in [0.05, 0.1) is 12.7 Å². The lowest BCUT2D eigenvalue weighted by atomic mass is 9.98. The summed E-state index contributed by atoms with van der Waals surface area (Å²) in [6.07, 6.45) is 5.48. The smallest absolute Gasteiger partial charge is 0.290 e. The molecule has 5 heteroatoms. The van der Waals surface area contributed by atoms with E-state index in [2.05, 4.69) is 0 Å². The van der Waals surface area contributed by atoms with Crippen molar-refractivity contribution >= 4 is 7.82 Å². The fourth-order valence-corrected chi connectivity index (χ4v) is 2.78. The lowest BCUT2D eigenvalue weighted by Crippen LogP contribution is -2.16. The third-order valence-electron chi connectivity index (χ3n) is 2.34. The van der Waals surface area contributed by atoms with Crippen LogP contribution in [0.15, 0.2) is 0 Å². The van der Waals surface area contributed by atoms with E-state index < -0.39 is 7.82 Å². The van der Waals surface area contributed by atoms with Gasteiger partial charge in [-0.25, -0.2) is 4.57 Å². The molecule has 84 valence electrons. The van der Waals surface area contributed by atoms with Crippen molar-refractivity contribution in [1.82, 2.24) is 0 Å². The minimum absolute atomic E-state index is 0.0427. The molecular weight excluding hydrogens is 203 g/mol. The summed E-state index contributed by atoms with van der Waals surface area (Å²) < 4.78 is 26.9. The highest BCUT2D eigenvalue weighted by atomic mass is 31.2. The minimum Gasteiger partial charge on any atom is -0.290 e. The first-order chi connectivity index (χ1) is 6.70. The van der Waals surface area contributed by atoms with Gasteiger partial charge < -0.3 is 0 Å². The molecule has 1 unspecified atom stereocenters. The first-order valence-electron chi connectivity index (χ1n) is 5.19. The van der Waals surface area contributed by atoms with E-state index in [-0.39, 0.29) is 6.10 Å². The van der Waals surface area contributed by atoms with Crippen LogP contribution in [0.2, 0.25) is 0 Å². The van der Waals surface area contributed by atoms with Crippen LogP contribution >= 0.6 is 7.82 Å². The Bertz CT molecular complexity index is 201. The molecule has 0 heterocycles. The van der Waals surface area contributed by atoms with Crippen LogP contribution in [0, 0.1) is 0 Å². The monoisotopic (exact) mass is 222 g/mol. The zero-order valence-electron chi connectivity index (χ0n) is 8.90. The Morgan fingerprint density at radius 1 is 1.29 bits per heavy atom. The van der Waals surface area contributed by atoms with E-state index in [4.69, 9.17) is 13.6 Å². The van der Waals surface area contributed by atoms with Gasteiger partial charge in [-0.2, -0.15) is 0 Å². The summed E-state index contributed by atoms with van der Waals surface area (Å²) in [5, 5.41) is 0. The van der Waals surface area contributed by atoms with Crippen molar-refractivity contribution in [3.05, 3.63) is 0 Å². The molecule has 0 aliphatic heterocycles. The van der Waals surface area contributed by atoms with Gasteiger partial charge in [-0.1, -0.05) is 19.3 Å². The molecule has 1 atom stereocenters. The zero-order chi connectivity index (χ0) is 10.4. The summed E-state index contributed by atoms with van der Waals surface area (Å²) in [6, 6.07) is 0. The highest BCUT2D eigenvalue weighted by Crippen LogP contribution is 2.51. The summed E-state index contributed by atoms with van der Waals surface area (Å²) in [5.41, 5.74) is 0. The number of hydrogen-bond donors (Lipinski definition) is 0. The lowest BCUT2D eigenvalue weighted by molar-refractivity contribution is 0.0745. The molecule has 1 aliphatic rings. The Morgan fingerprint density at radius 2 is 1.93 bits per heavy atom. The third kappa shape index (κ3) is 3.70. The van der Waals surface area contributed by atoms with Crippen LogP contribution in [0.25, 0.3) is 0 Å². The van der Waals surface area contributed by atoms with Gasteiger partial charge >= 0.3 is 7.82 Å². The second-order valence-corrected chi connectivity index (χ2v) is 5.14. The maximum Gasteiger partial charge on any atom is 0.474 e. The van der Waals surface area contributed by atoms with Crippen molar-refractivity contribution in [2.45, 2.75) is 45.1 Å². The van der Waals surface area contributed by atoms with Crippen LogP contribution in [-0.2, 0) is 18.1 Å². The maximum absolute atomic E-state index is 11.8. The molecule has 0 aromatic carbocycles. The Balaban J connectivity index is 2.41. The van der Waals surface area contributed by atoms with E-state index in [0.717, 1.165) is 25.7 Å². The van der Waals surface area contributed by atoms with Gasteiger partial charge in [0.2, 0.25) is 0 Å². The summed E-state index contributed by atoms with van der Waals surface area (Å²) in [6.45, 7) is 2.12. The third-order valence-corrected chi connectivity index (χ3v) is 3.92. The van der Waals surface area contributed by atoms with E-state index in [9.17, 15) is 4.57 Å². The van der Waals surface area contributed by atoms with Gasteiger partial charge in [-0.05, 0) is 19.8 Å². The molecule has 0 bridgehead atoms. The number of hydrogen-bond acceptors (Lipinski definition) is 4. The highest BCUT2D eigenvalue weighted by molar-refractivity contribution is 7.48. The summed E-state index contributed by atoms with van der Waals surface area (Å²) in [4.78, 5) is 0. The molecule has 1 fully saturated rings. The van der Waals surface area contributed by atoms with Crippen molar-refractivity contribution in [2.24, 2.45) is 0 Å². The summed E-state index contributed by atoms with van der Waals surface area (Å²) in [7, 11) is -1.91. The van der Waals surface area contributed by atoms with Crippen LogP contribution in [0.4, 0.5) is 0 Å². The number of rotatable bonds is 5. The molecular formula is C9H19O4P. The standard InChI is InChI=1S/C9H19O4P/c1-3-12-14(10,11-2)13-9-7-5-4-6-8-9/h9H,3-8H2,1-2H3. The molecule has 0 aromatic rings. The fourth-order valence-electron chi connectivity index (χ4n) is 1.64. The average Bonchev–Trinajstić information content (AvgIpc) is 2.20. The second-order valence-electron chi connectivity index (χ2n) is 3.41. The Hall–Kier alpha value is 0.110. The SMILES string of the molecule is CCOP(=O)(OC)OC1CCCCC1. The maximum atomic E-state index is 11.8. The zero-order valence-corrected chi connectivity index (χ0v) is 9.79. The molecule has 1 rings (SSSR count). The fraction of sp³-hybridized carbons (Fsp3) is 1.00. The van der Waals surface area contributed by atoms with Gasteiger partial charge in [-0.15, -0.1) is 0 Å². The molecule has 0 amide bonds. The van der Waals surface area contributed by atoms with Gasteiger partial charge in [0.1, 0.15) is 0 Å². The van der Waals surface area contributed by atoms with Crippen LogP contribution in [-0.4, -0.2) is 19.8 Å². The molecule has 0 spiro atoms. The molecule has 1 aliphatic carbocycles. The molecule has 0 saturated heterocycles. The molecule has 0 N–H and O–H groups in total. The number of phosphoric acid groups is 1. The van der Waals surface area contributed by atoms with Gasteiger partial charge in [0, 0.05) is 7.11 Å². The van der Waals surface area contributed by atoms with Crippen molar-refractivity contribution in [3.63, 3.8) is 0 Å². The van der Waals surface area contributed by atoms with Gasteiger partial charge in [-0.3, -0.25) is 13.6 Å². The number of phosphoric ester groups is 1. The highest BCUT2D eigenvalue weighted by Gasteiger charge is 2.29. The molecule has 1 saturated carbocycles. The van der Waals surface area contributed by atoms with E-state index in [0.29, 0.717) is 6.61 Å². The van der Waals surface area contributed by atoms with Crippen LogP contribution in [0.3, 0.4) is 0 Å². The Kier molecular flexibility index (Phi) is 5.10. The van der Waals surface area contributed by atoms with E-state index >= 15 is 0 Å². The molecule has 4 nitrogen and oxygen atoms in total. The van der Waals surface area contributed by atoms with E-state index in [1.807, 2.05) is 0 Å². The van der Waals surface area contributed by atoms with Crippen molar-refractivity contribution in [3.8, 4) is 0 Å². The minimum atomic E-state index is -3.27. The molecule has 0 radical (unpaired) electrons. The summed E-state index contributed by atoms with van der Waals surface area (Å²) in [5.74, 6) is 0. The van der Waals surface area contributed by atoms with E-state index in [1.165, 1.54) is 13.5 Å². The Labute approximate surface area is 85.5 Å². The van der Waals surface area contributed by atoms with Crippen molar-refractivity contribution in [1.29, 1.82) is 0 Å². The second kappa shape index (κ2) is 5.86. The summed E-state index contributed by atoms with van der Waals surface area (Å²) >= 11 is 0. The predicted molar refractivity (Wildman–Crippen MR) is 54.2 cm³/mol. The van der Waals surface area contributed by atoms with Crippen molar-refractivity contribution in [2.75, 3.05) is 13.7 Å². The average molecular weight is 222 g/mol. The lowest BCUT2D eigenvalue weighted by Gasteiger charge is -2.25. The predicted octanol–water partition coefficient (Wildman–Crippen LogP) is 3.13. The normalized spacial score (nSPS) is 23.3. The Morgan fingerprint density at radius 3 is 2.43 bits per heavy atom. The van der Waals surface area contributed by atoms with Crippen LogP contribution < -0.4 is 0 Å². The first-order valence-corrected chi connectivity index (χ1v) is 6.65. The molecule has 0 aromatic heterocycles. The van der Waals surface area contributed by atoms with Gasteiger partial charge in [0.25, 0.3) is 0 Å². The quantitative estimate of drug-likeness (QED) is 0.670. The largest absolute Gasteiger partial charge is 0.474 e. The van der Waals surface area contributed by atoms with Gasteiger partial charge in [0.15, 0.2) is 0 Å².